The number of piperazine rings is 1. The number of hydrogen-bond acceptors (Lipinski definition) is 5. The lowest BCUT2D eigenvalue weighted by molar-refractivity contribution is 0.102. The zero-order valence-corrected chi connectivity index (χ0v) is 12.5. The Morgan fingerprint density at radius 1 is 1.23 bits per heavy atom. The molecule has 22 heavy (non-hydrogen) atoms. The van der Waals surface area contributed by atoms with Crippen LogP contribution in [0.25, 0.3) is 0 Å². The van der Waals surface area contributed by atoms with E-state index in [0.29, 0.717) is 17.1 Å². The second-order valence-corrected chi connectivity index (χ2v) is 5.23. The summed E-state index contributed by atoms with van der Waals surface area (Å²) >= 11 is 0. The molecule has 6 nitrogen and oxygen atoms in total. The Hall–Kier alpha value is -2.47. The maximum atomic E-state index is 12.2. The largest absolute Gasteiger partial charge is 0.368 e. The Kier molecular flexibility index (Phi) is 4.29. The third kappa shape index (κ3) is 3.23. The van der Waals surface area contributed by atoms with E-state index in [-0.39, 0.29) is 5.91 Å². The van der Waals surface area contributed by atoms with Gasteiger partial charge in [-0.05, 0) is 31.2 Å². The first-order chi connectivity index (χ1) is 10.7. The molecule has 1 saturated heterocycles. The molecule has 114 valence electrons. The van der Waals surface area contributed by atoms with Gasteiger partial charge in [0.2, 0.25) is 0 Å². The number of carbonyl (C=O) groups excluding carboxylic acids is 1. The van der Waals surface area contributed by atoms with E-state index in [1.807, 2.05) is 19.1 Å². The predicted octanol–water partition coefficient (Wildman–Crippen LogP) is 1.45. The number of pyridine rings is 2. The van der Waals surface area contributed by atoms with Crippen molar-refractivity contribution in [2.24, 2.45) is 0 Å². The summed E-state index contributed by atoms with van der Waals surface area (Å²) < 4.78 is 0. The molecule has 0 aromatic carbocycles. The Bertz CT molecular complexity index is 650. The first kappa shape index (κ1) is 14.5. The molecule has 1 aliphatic rings. The molecule has 0 spiro atoms. The van der Waals surface area contributed by atoms with Crippen molar-refractivity contribution < 1.29 is 4.79 Å². The van der Waals surface area contributed by atoms with E-state index in [2.05, 4.69) is 25.5 Å². The van der Waals surface area contributed by atoms with Crippen molar-refractivity contribution in [3.63, 3.8) is 0 Å². The highest BCUT2D eigenvalue weighted by molar-refractivity contribution is 6.04. The van der Waals surface area contributed by atoms with Crippen molar-refractivity contribution in [2.75, 3.05) is 36.4 Å². The molecule has 0 atom stereocenters. The van der Waals surface area contributed by atoms with E-state index < -0.39 is 0 Å². The smallest absolute Gasteiger partial charge is 0.258 e. The highest BCUT2D eigenvalue weighted by atomic mass is 16.1. The fourth-order valence-electron chi connectivity index (χ4n) is 2.48. The number of nitrogens with zero attached hydrogens (tertiary/aromatic N) is 3. The fourth-order valence-corrected chi connectivity index (χ4v) is 2.48. The number of rotatable bonds is 3. The SMILES string of the molecule is Cc1ncccc1C(=O)Nc1ccc(N2CCNCC2)cn1. The summed E-state index contributed by atoms with van der Waals surface area (Å²) in [4.78, 5) is 22.9. The van der Waals surface area contributed by atoms with Gasteiger partial charge in [0.15, 0.2) is 0 Å². The molecule has 1 amide bonds. The molecular formula is C16H19N5O. The van der Waals surface area contributed by atoms with Crippen LogP contribution in [0.1, 0.15) is 16.1 Å². The predicted molar refractivity (Wildman–Crippen MR) is 86.2 cm³/mol. The molecule has 1 fully saturated rings. The van der Waals surface area contributed by atoms with E-state index in [0.717, 1.165) is 31.9 Å². The van der Waals surface area contributed by atoms with Gasteiger partial charge in [0.25, 0.3) is 5.91 Å². The molecule has 0 bridgehead atoms. The van der Waals surface area contributed by atoms with Crippen LogP contribution in [0.4, 0.5) is 11.5 Å². The third-order valence-corrected chi connectivity index (χ3v) is 3.72. The van der Waals surface area contributed by atoms with Crippen LogP contribution < -0.4 is 15.5 Å². The monoisotopic (exact) mass is 297 g/mol. The Morgan fingerprint density at radius 3 is 2.73 bits per heavy atom. The zero-order chi connectivity index (χ0) is 15.4. The minimum absolute atomic E-state index is 0.187. The van der Waals surface area contributed by atoms with E-state index in [1.165, 1.54) is 0 Å². The Labute approximate surface area is 129 Å². The first-order valence-corrected chi connectivity index (χ1v) is 7.39. The van der Waals surface area contributed by atoms with Crippen molar-refractivity contribution >= 4 is 17.4 Å². The molecule has 3 heterocycles. The van der Waals surface area contributed by atoms with E-state index in [4.69, 9.17) is 0 Å². The van der Waals surface area contributed by atoms with Gasteiger partial charge in [-0.1, -0.05) is 0 Å². The number of nitrogens with one attached hydrogen (secondary N) is 2. The van der Waals surface area contributed by atoms with Gasteiger partial charge in [0.1, 0.15) is 5.82 Å². The number of anilines is 2. The van der Waals surface area contributed by atoms with Crippen LogP contribution >= 0.6 is 0 Å². The Balaban J connectivity index is 1.68. The summed E-state index contributed by atoms with van der Waals surface area (Å²) in [5.74, 6) is 0.361. The average molecular weight is 297 g/mol. The molecule has 0 radical (unpaired) electrons. The van der Waals surface area contributed by atoms with Crippen molar-refractivity contribution in [2.45, 2.75) is 6.92 Å². The lowest BCUT2D eigenvalue weighted by Crippen LogP contribution is -2.43. The molecule has 0 unspecified atom stereocenters. The summed E-state index contributed by atoms with van der Waals surface area (Å²) in [6.45, 7) is 5.73. The van der Waals surface area contributed by atoms with Gasteiger partial charge in [-0.3, -0.25) is 9.78 Å². The molecule has 0 saturated carbocycles. The summed E-state index contributed by atoms with van der Waals surface area (Å²) in [6.07, 6.45) is 3.48. The molecule has 1 aliphatic heterocycles. The van der Waals surface area contributed by atoms with Crippen LogP contribution in [0.15, 0.2) is 36.7 Å². The van der Waals surface area contributed by atoms with Gasteiger partial charge in [-0.15, -0.1) is 0 Å². The maximum Gasteiger partial charge on any atom is 0.258 e. The summed E-state index contributed by atoms with van der Waals surface area (Å²) in [6, 6.07) is 7.33. The molecular weight excluding hydrogens is 278 g/mol. The van der Waals surface area contributed by atoms with Crippen LogP contribution in [0, 0.1) is 6.92 Å². The topological polar surface area (TPSA) is 70.2 Å². The normalized spacial score (nSPS) is 14.7. The number of carbonyl (C=O) groups is 1. The van der Waals surface area contributed by atoms with Crippen molar-refractivity contribution in [1.29, 1.82) is 0 Å². The summed E-state index contributed by atoms with van der Waals surface area (Å²) in [5, 5.41) is 6.13. The van der Waals surface area contributed by atoms with E-state index >= 15 is 0 Å². The highest BCUT2D eigenvalue weighted by Crippen LogP contribution is 2.16. The van der Waals surface area contributed by atoms with Crippen LogP contribution in [0.3, 0.4) is 0 Å². The minimum Gasteiger partial charge on any atom is -0.368 e. The van der Waals surface area contributed by atoms with Crippen LogP contribution in [0.5, 0.6) is 0 Å². The molecule has 2 aromatic rings. The third-order valence-electron chi connectivity index (χ3n) is 3.72. The van der Waals surface area contributed by atoms with Gasteiger partial charge >= 0.3 is 0 Å². The quantitative estimate of drug-likeness (QED) is 0.897. The maximum absolute atomic E-state index is 12.2. The molecule has 3 rings (SSSR count). The highest BCUT2D eigenvalue weighted by Gasteiger charge is 2.12. The van der Waals surface area contributed by atoms with E-state index in [9.17, 15) is 4.79 Å². The summed E-state index contributed by atoms with van der Waals surface area (Å²) in [7, 11) is 0. The lowest BCUT2D eigenvalue weighted by atomic mass is 10.2. The number of amides is 1. The first-order valence-electron chi connectivity index (χ1n) is 7.39. The van der Waals surface area contributed by atoms with Crippen LogP contribution in [0.2, 0.25) is 0 Å². The van der Waals surface area contributed by atoms with Crippen molar-refractivity contribution in [1.82, 2.24) is 15.3 Å². The van der Waals surface area contributed by atoms with Gasteiger partial charge in [0, 0.05) is 38.1 Å². The van der Waals surface area contributed by atoms with Crippen LogP contribution in [-0.4, -0.2) is 42.1 Å². The van der Waals surface area contributed by atoms with Crippen LogP contribution in [-0.2, 0) is 0 Å². The average Bonchev–Trinajstić information content (AvgIpc) is 2.57. The number of aromatic nitrogens is 2. The molecule has 2 aromatic heterocycles. The van der Waals surface area contributed by atoms with E-state index in [1.54, 1.807) is 24.5 Å². The molecule has 0 aliphatic carbocycles. The number of hydrogen-bond donors (Lipinski definition) is 2. The molecule has 2 N–H and O–H groups in total. The minimum atomic E-state index is -0.187. The zero-order valence-electron chi connectivity index (χ0n) is 12.5. The van der Waals surface area contributed by atoms with Gasteiger partial charge in [-0.2, -0.15) is 0 Å². The van der Waals surface area contributed by atoms with Gasteiger partial charge < -0.3 is 15.5 Å². The van der Waals surface area contributed by atoms with Gasteiger partial charge in [0.05, 0.1) is 17.4 Å². The summed E-state index contributed by atoms with van der Waals surface area (Å²) in [5.41, 5.74) is 2.35. The van der Waals surface area contributed by atoms with Gasteiger partial charge in [-0.25, -0.2) is 4.98 Å². The second-order valence-electron chi connectivity index (χ2n) is 5.23. The van der Waals surface area contributed by atoms with Crippen molar-refractivity contribution in [3.8, 4) is 0 Å². The Morgan fingerprint density at radius 2 is 2.05 bits per heavy atom. The molecule has 6 heteroatoms. The lowest BCUT2D eigenvalue weighted by Gasteiger charge is -2.29. The fraction of sp³-hybridized carbons (Fsp3) is 0.312. The number of aryl methyl sites for hydroxylation is 1. The second kappa shape index (κ2) is 6.53. The standard InChI is InChI=1S/C16H19N5O/c1-12-14(3-2-6-18-12)16(22)20-15-5-4-13(11-19-15)21-9-7-17-8-10-21/h2-6,11,17H,7-10H2,1H3,(H,19,20,22). The van der Waals surface area contributed by atoms with Crippen molar-refractivity contribution in [3.05, 3.63) is 47.9 Å².